The summed E-state index contributed by atoms with van der Waals surface area (Å²) in [4.78, 5) is 11.2. The van der Waals surface area contributed by atoms with Gasteiger partial charge < -0.3 is 0 Å². The normalized spacial score (nSPS) is 45.1. The lowest BCUT2D eigenvalue weighted by atomic mass is 9.61. The second-order valence-corrected chi connectivity index (χ2v) is 3.67. The summed E-state index contributed by atoms with van der Waals surface area (Å²) in [7, 11) is 0. The smallest absolute Gasteiger partial charge is 0.143 e. The van der Waals surface area contributed by atoms with Crippen molar-refractivity contribution in [3.05, 3.63) is 12.2 Å². The van der Waals surface area contributed by atoms with Crippen LogP contribution in [0.5, 0.6) is 0 Å². The molecule has 2 rings (SSSR count). The molecule has 10 heavy (non-hydrogen) atoms. The van der Waals surface area contributed by atoms with Gasteiger partial charge in [-0.1, -0.05) is 12.2 Å². The highest BCUT2D eigenvalue weighted by Crippen LogP contribution is 2.56. The molecule has 0 aliphatic heterocycles. The maximum absolute atomic E-state index is 11.2. The Bertz CT molecular complexity index is 217. The van der Waals surface area contributed by atoms with Crippen molar-refractivity contribution in [1.29, 1.82) is 0 Å². The van der Waals surface area contributed by atoms with Crippen LogP contribution >= 0.6 is 0 Å². The van der Waals surface area contributed by atoms with Crippen molar-refractivity contribution in [2.75, 3.05) is 0 Å². The van der Waals surface area contributed by atoms with E-state index in [0.29, 0.717) is 11.7 Å². The summed E-state index contributed by atoms with van der Waals surface area (Å²) in [6, 6.07) is 0. The minimum Gasteiger partial charge on any atom is -0.299 e. The molecule has 2 aliphatic carbocycles. The van der Waals surface area contributed by atoms with E-state index in [2.05, 4.69) is 13.5 Å². The van der Waals surface area contributed by atoms with Crippen LogP contribution in [0.1, 0.15) is 26.2 Å². The third-order valence-electron chi connectivity index (χ3n) is 3.36. The van der Waals surface area contributed by atoms with E-state index in [9.17, 15) is 4.79 Å². The summed E-state index contributed by atoms with van der Waals surface area (Å²) in [5.74, 6) is 1.06. The zero-order valence-corrected chi connectivity index (χ0v) is 6.31. The third kappa shape index (κ3) is 0.437. The molecule has 1 nitrogen and oxygen atoms in total. The van der Waals surface area contributed by atoms with Gasteiger partial charge in [0.2, 0.25) is 0 Å². The Hall–Kier alpha value is -0.590. The van der Waals surface area contributed by atoms with E-state index in [1.165, 1.54) is 12.0 Å². The predicted octanol–water partition coefficient (Wildman–Crippen LogP) is 1.93. The Labute approximate surface area is 61.1 Å². The summed E-state index contributed by atoms with van der Waals surface area (Å²) >= 11 is 0. The van der Waals surface area contributed by atoms with Crippen molar-refractivity contribution in [3.8, 4) is 0 Å². The number of Topliss-reactive ketones (excluding diaryl/α,β-unsaturated/α-hetero) is 1. The molecule has 54 valence electrons. The van der Waals surface area contributed by atoms with Gasteiger partial charge in [-0.15, -0.1) is 0 Å². The zero-order chi connectivity index (χ0) is 7.35. The summed E-state index contributed by atoms with van der Waals surface area (Å²) < 4.78 is 0. The maximum atomic E-state index is 11.2. The van der Waals surface area contributed by atoms with Gasteiger partial charge in [0.15, 0.2) is 0 Å². The van der Waals surface area contributed by atoms with Gasteiger partial charge in [-0.25, -0.2) is 0 Å². The molecule has 2 saturated carbocycles. The summed E-state index contributed by atoms with van der Waals surface area (Å²) in [6.07, 6.45) is 3.09. The molecule has 1 heteroatoms. The Balaban J connectivity index is 2.37. The lowest BCUT2D eigenvalue weighted by molar-refractivity contribution is -0.138. The Kier molecular flexibility index (Phi) is 0.936. The first-order chi connectivity index (χ1) is 4.65. The van der Waals surface area contributed by atoms with Gasteiger partial charge in [0.05, 0.1) is 0 Å². The van der Waals surface area contributed by atoms with Crippen molar-refractivity contribution in [1.82, 2.24) is 0 Å². The molecule has 0 saturated heterocycles. The first kappa shape index (κ1) is 6.14. The molecular formula is C9H12O. The van der Waals surface area contributed by atoms with Crippen molar-refractivity contribution < 1.29 is 4.79 Å². The lowest BCUT2D eigenvalue weighted by Crippen LogP contribution is -2.44. The van der Waals surface area contributed by atoms with Gasteiger partial charge in [-0.3, -0.25) is 4.79 Å². The molecule has 0 aromatic rings. The molecule has 0 bridgehead atoms. The summed E-state index contributed by atoms with van der Waals surface area (Å²) in [6.45, 7) is 5.99. The fraction of sp³-hybridized carbons (Fsp3) is 0.667. The van der Waals surface area contributed by atoms with Gasteiger partial charge in [-0.05, 0) is 25.7 Å². The van der Waals surface area contributed by atoms with Crippen molar-refractivity contribution in [2.45, 2.75) is 26.2 Å². The lowest BCUT2D eigenvalue weighted by Gasteiger charge is -2.40. The highest BCUT2D eigenvalue weighted by Gasteiger charge is 2.55. The van der Waals surface area contributed by atoms with Crippen LogP contribution in [-0.2, 0) is 4.79 Å². The molecule has 2 fully saturated rings. The maximum Gasteiger partial charge on any atom is 0.143 e. The van der Waals surface area contributed by atoms with Crippen LogP contribution in [-0.4, -0.2) is 5.78 Å². The first-order valence-corrected chi connectivity index (χ1v) is 3.87. The largest absolute Gasteiger partial charge is 0.299 e. The van der Waals surface area contributed by atoms with Crippen molar-refractivity contribution in [2.24, 2.45) is 11.3 Å². The second-order valence-electron chi connectivity index (χ2n) is 3.67. The summed E-state index contributed by atoms with van der Waals surface area (Å²) in [5, 5.41) is 0. The quantitative estimate of drug-likeness (QED) is 0.465. The Morgan fingerprint density at radius 2 is 2.40 bits per heavy atom. The van der Waals surface area contributed by atoms with Gasteiger partial charge in [0.25, 0.3) is 0 Å². The van der Waals surface area contributed by atoms with Crippen LogP contribution in [0.3, 0.4) is 0 Å². The number of carbonyl (C=O) groups excluding carboxylic acids is 1. The molecule has 0 spiro atoms. The van der Waals surface area contributed by atoms with E-state index in [1.54, 1.807) is 0 Å². The molecule has 0 aromatic heterocycles. The highest BCUT2D eigenvalue weighted by molar-refractivity contribution is 5.94. The van der Waals surface area contributed by atoms with Crippen LogP contribution in [0.2, 0.25) is 0 Å². The molecule has 0 unspecified atom stereocenters. The number of hydrogen-bond donors (Lipinski definition) is 0. The fourth-order valence-corrected chi connectivity index (χ4v) is 2.22. The SMILES string of the molecule is C=C1CC[C@H]2CC(=O)[C@@]12C. The van der Waals surface area contributed by atoms with E-state index in [4.69, 9.17) is 0 Å². The minimum absolute atomic E-state index is 0.0833. The van der Waals surface area contributed by atoms with Crippen LogP contribution in [0, 0.1) is 11.3 Å². The average Bonchev–Trinajstić information content (AvgIpc) is 2.13. The topological polar surface area (TPSA) is 17.1 Å². The number of rotatable bonds is 0. The standard InChI is InChI=1S/C9H12O/c1-6-3-4-7-5-8(10)9(6,7)2/h7H,1,3-5H2,2H3/t7-,9-/m0/s1. The fourth-order valence-electron chi connectivity index (χ4n) is 2.22. The Morgan fingerprint density at radius 3 is 2.80 bits per heavy atom. The van der Waals surface area contributed by atoms with Gasteiger partial charge in [0.1, 0.15) is 5.78 Å². The van der Waals surface area contributed by atoms with Crippen LogP contribution in [0.15, 0.2) is 12.2 Å². The predicted molar refractivity (Wildman–Crippen MR) is 39.6 cm³/mol. The van der Waals surface area contributed by atoms with Crippen molar-refractivity contribution in [3.63, 3.8) is 0 Å². The van der Waals surface area contributed by atoms with Crippen molar-refractivity contribution >= 4 is 5.78 Å². The number of carbonyl (C=O) groups is 1. The molecule has 0 radical (unpaired) electrons. The summed E-state index contributed by atoms with van der Waals surface area (Å²) in [5.41, 5.74) is 1.09. The number of allylic oxidation sites excluding steroid dienone is 1. The second kappa shape index (κ2) is 1.52. The molecule has 0 aromatic carbocycles. The number of ketones is 1. The van der Waals surface area contributed by atoms with Gasteiger partial charge in [-0.2, -0.15) is 0 Å². The average molecular weight is 136 g/mol. The molecule has 0 N–H and O–H groups in total. The number of hydrogen-bond acceptors (Lipinski definition) is 1. The molecule has 0 amide bonds. The van der Waals surface area contributed by atoms with Gasteiger partial charge >= 0.3 is 0 Å². The van der Waals surface area contributed by atoms with E-state index >= 15 is 0 Å². The van der Waals surface area contributed by atoms with Crippen LogP contribution < -0.4 is 0 Å². The molecule has 0 heterocycles. The van der Waals surface area contributed by atoms with E-state index in [1.807, 2.05) is 0 Å². The highest BCUT2D eigenvalue weighted by atomic mass is 16.1. The minimum atomic E-state index is -0.0833. The molecule has 2 aliphatic rings. The van der Waals surface area contributed by atoms with Crippen LogP contribution in [0.4, 0.5) is 0 Å². The Morgan fingerprint density at radius 1 is 1.70 bits per heavy atom. The van der Waals surface area contributed by atoms with E-state index < -0.39 is 0 Å². The monoisotopic (exact) mass is 136 g/mol. The zero-order valence-electron chi connectivity index (χ0n) is 6.31. The van der Waals surface area contributed by atoms with Gasteiger partial charge in [0, 0.05) is 11.8 Å². The first-order valence-electron chi connectivity index (χ1n) is 3.87. The third-order valence-corrected chi connectivity index (χ3v) is 3.36. The van der Waals surface area contributed by atoms with E-state index in [-0.39, 0.29) is 5.41 Å². The van der Waals surface area contributed by atoms with Crippen LogP contribution in [0.25, 0.3) is 0 Å². The number of fused-ring (bicyclic) bond motifs is 1. The molecule has 2 atom stereocenters. The van der Waals surface area contributed by atoms with E-state index in [0.717, 1.165) is 12.8 Å². The molecular weight excluding hydrogens is 124 g/mol.